The van der Waals surface area contributed by atoms with Crippen LogP contribution in [0.1, 0.15) is 107 Å². The van der Waals surface area contributed by atoms with Crippen molar-refractivity contribution in [3.8, 4) is 35.4 Å². The number of aromatic nitrogens is 5. The molecule has 1 spiro atoms. The summed E-state index contributed by atoms with van der Waals surface area (Å²) in [5.41, 5.74) is 1.72. The monoisotopic (exact) mass is 993 g/mol. The van der Waals surface area contributed by atoms with Crippen molar-refractivity contribution in [3.63, 3.8) is 0 Å². The number of aryl methyl sites for hydroxylation is 1. The van der Waals surface area contributed by atoms with E-state index in [1.807, 2.05) is 11.0 Å². The lowest BCUT2D eigenvalue weighted by atomic mass is 9.59. The summed E-state index contributed by atoms with van der Waals surface area (Å²) in [5, 5.41) is 25.2. The molecule has 17 heteroatoms. The number of rotatable bonds is 10. The van der Waals surface area contributed by atoms with Crippen molar-refractivity contribution in [2.75, 3.05) is 57.3 Å². The van der Waals surface area contributed by atoms with E-state index < -0.39 is 29.2 Å². The first-order valence-electron chi connectivity index (χ1n) is 26.0. The third-order valence-electron chi connectivity index (χ3n) is 17.5. The molecule has 2 saturated carbocycles. The highest BCUT2D eigenvalue weighted by atomic mass is 19.1. The number of terminal acetylenes is 1. The van der Waals surface area contributed by atoms with E-state index in [0.29, 0.717) is 66.4 Å². The van der Waals surface area contributed by atoms with Crippen LogP contribution in [0.15, 0.2) is 53.5 Å². The number of halogens is 2. The van der Waals surface area contributed by atoms with Crippen LogP contribution in [0.4, 0.5) is 14.6 Å². The number of carbonyl (C=O) groups is 2. The number of aromatic hydroxyl groups is 1. The van der Waals surface area contributed by atoms with Gasteiger partial charge in [-0.1, -0.05) is 18.1 Å². The first kappa shape index (κ1) is 47.5. The van der Waals surface area contributed by atoms with Crippen LogP contribution in [0.5, 0.6) is 11.8 Å². The van der Waals surface area contributed by atoms with Gasteiger partial charge in [-0.05, 0) is 156 Å². The molecule has 12 rings (SSSR count). The fourth-order valence-electron chi connectivity index (χ4n) is 13.1. The standard InChI is InChI=1S/C56H61F2N9O6/c1-4-38-41(57)8-6-35-24-37(68)26-39(46(35)38)48-47(58)49-40(29-59-48)50(66-19-5-14-54(2,72)30-66)62-52(61-49)73-32-56(15-16-56)31-64-22-17-55(18-23-64)27-36(28-55)65-20-12-33(13-21-65)34-7-9-42-44(25-34)63(3)53(71)67(42)43-10-11-45(69)60-51(43)70/h1,6-9,24-26,29,33,36,43,68,72H,5,10-23,27-28,30-32H2,2-3H3,(H,60,69,70)/t43?,54-/m1/s1. The zero-order chi connectivity index (χ0) is 50.6. The maximum Gasteiger partial charge on any atom is 0.329 e. The minimum Gasteiger partial charge on any atom is -0.508 e. The number of nitrogens with one attached hydrogen (secondary N) is 1. The number of benzene rings is 3. The third kappa shape index (κ3) is 8.58. The fourth-order valence-corrected chi connectivity index (χ4v) is 13.1. The minimum atomic E-state index is -0.983. The van der Waals surface area contributed by atoms with Crippen LogP contribution in [-0.4, -0.2) is 120 Å². The molecule has 3 N–H and O–H groups in total. The first-order valence-corrected chi connectivity index (χ1v) is 26.0. The highest BCUT2D eigenvalue weighted by molar-refractivity contribution is 6.03. The van der Waals surface area contributed by atoms with Crippen molar-refractivity contribution in [1.29, 1.82) is 0 Å². The Morgan fingerprint density at radius 3 is 2.44 bits per heavy atom. The highest BCUT2D eigenvalue weighted by Crippen LogP contribution is 2.53. The van der Waals surface area contributed by atoms with Gasteiger partial charge in [0.1, 0.15) is 34.6 Å². The Hall–Kier alpha value is -6.48. The number of piperidine rings is 4. The molecule has 6 aromatic rings. The van der Waals surface area contributed by atoms with Crippen LogP contribution in [0, 0.1) is 34.8 Å². The van der Waals surface area contributed by atoms with Gasteiger partial charge in [0, 0.05) is 61.7 Å². The van der Waals surface area contributed by atoms with Crippen molar-refractivity contribution in [2.24, 2.45) is 17.9 Å². The van der Waals surface area contributed by atoms with E-state index in [4.69, 9.17) is 16.1 Å². The normalized spacial score (nSPS) is 23.8. The Balaban J connectivity index is 0.688. The van der Waals surface area contributed by atoms with Gasteiger partial charge in [0.05, 0.1) is 34.2 Å². The summed E-state index contributed by atoms with van der Waals surface area (Å²) in [5.74, 6) is 0.894. The number of ether oxygens (including phenoxy) is 1. The molecule has 4 saturated heterocycles. The predicted octanol–water partition coefficient (Wildman–Crippen LogP) is 7.08. The topological polar surface area (TPSA) is 171 Å². The van der Waals surface area contributed by atoms with Crippen molar-refractivity contribution in [2.45, 2.75) is 108 Å². The lowest BCUT2D eigenvalue weighted by Crippen LogP contribution is -2.56. The molecule has 0 radical (unpaired) electrons. The summed E-state index contributed by atoms with van der Waals surface area (Å²) in [6.45, 7) is 8.08. The molecule has 7 heterocycles. The molecular formula is C56H61F2N9O6. The molecular weight excluding hydrogens is 933 g/mol. The number of imide groups is 1. The number of phenols is 1. The largest absolute Gasteiger partial charge is 0.508 e. The number of fused-ring (bicyclic) bond motifs is 3. The predicted molar refractivity (Wildman–Crippen MR) is 272 cm³/mol. The van der Waals surface area contributed by atoms with Crippen molar-refractivity contribution < 1.29 is 33.3 Å². The summed E-state index contributed by atoms with van der Waals surface area (Å²) in [6.07, 6.45) is 18.0. The van der Waals surface area contributed by atoms with Crippen LogP contribution in [0.25, 0.3) is 44.0 Å². The van der Waals surface area contributed by atoms with E-state index in [1.165, 1.54) is 61.7 Å². The molecule has 3 aromatic carbocycles. The second-order valence-corrected chi connectivity index (χ2v) is 22.6. The summed E-state index contributed by atoms with van der Waals surface area (Å²) < 4.78 is 41.8. The van der Waals surface area contributed by atoms with Crippen LogP contribution < -0.4 is 20.6 Å². The van der Waals surface area contributed by atoms with Gasteiger partial charge in [-0.2, -0.15) is 9.97 Å². The SMILES string of the molecule is C#Cc1c(F)ccc2cc(O)cc(-c3ncc4c(N5CCC[C@@](C)(O)C5)nc(OCC5(CN6CCC7(CC6)CC(N6CCC(c8ccc9c(c8)n(C)c(=O)n9C8CCC(=O)NC8=O)CC6)C7)CC5)nc4c3F)c12. The number of hydrogen-bond acceptors (Lipinski definition) is 12. The number of hydrogen-bond donors (Lipinski definition) is 3. The van der Waals surface area contributed by atoms with Gasteiger partial charge in [0.15, 0.2) is 5.82 Å². The molecule has 4 aliphatic heterocycles. The fraction of sp³-hybridized carbons (Fsp3) is 0.500. The second kappa shape index (κ2) is 17.9. The number of amides is 2. The summed E-state index contributed by atoms with van der Waals surface area (Å²) in [6, 6.07) is 11.6. The van der Waals surface area contributed by atoms with Crippen molar-refractivity contribution in [1.82, 2.24) is 39.2 Å². The molecule has 15 nitrogen and oxygen atoms in total. The second-order valence-electron chi connectivity index (χ2n) is 22.6. The molecule has 380 valence electrons. The van der Waals surface area contributed by atoms with Gasteiger partial charge in [0.25, 0.3) is 0 Å². The average Bonchev–Trinajstić information content (AvgIpc) is 4.09. The lowest BCUT2D eigenvalue weighted by Gasteiger charge is -2.56. The van der Waals surface area contributed by atoms with E-state index in [-0.39, 0.29) is 69.5 Å². The third-order valence-corrected chi connectivity index (χ3v) is 17.5. The van der Waals surface area contributed by atoms with Crippen molar-refractivity contribution >= 4 is 50.3 Å². The number of imidazole rings is 1. The number of likely N-dealkylation sites (tertiary alicyclic amines) is 2. The number of nitrogens with zero attached hydrogens (tertiary/aromatic N) is 8. The number of phenolic OH excluding ortho intramolecular Hbond substituents is 1. The van der Waals surface area contributed by atoms with E-state index >= 15 is 8.78 Å². The number of aliphatic hydroxyl groups is 1. The van der Waals surface area contributed by atoms with Gasteiger partial charge < -0.3 is 29.6 Å². The lowest BCUT2D eigenvalue weighted by molar-refractivity contribution is -0.135. The molecule has 2 aliphatic carbocycles. The zero-order valence-electron chi connectivity index (χ0n) is 41.4. The summed E-state index contributed by atoms with van der Waals surface area (Å²) in [4.78, 5) is 59.1. The van der Waals surface area contributed by atoms with E-state index in [9.17, 15) is 24.6 Å². The number of pyridine rings is 1. The molecule has 2 atom stereocenters. The molecule has 6 aliphatic rings. The quantitative estimate of drug-likeness (QED) is 0.0944. The van der Waals surface area contributed by atoms with E-state index in [2.05, 4.69) is 43.1 Å². The molecule has 0 bridgehead atoms. The summed E-state index contributed by atoms with van der Waals surface area (Å²) in [7, 11) is 1.75. The molecule has 73 heavy (non-hydrogen) atoms. The van der Waals surface area contributed by atoms with Crippen LogP contribution in [0.3, 0.4) is 0 Å². The number of β-amino-alcohol motifs (C(OH)–C–C–N with tert-alkyl or cyclic N) is 1. The van der Waals surface area contributed by atoms with Gasteiger partial charge >= 0.3 is 11.7 Å². The van der Waals surface area contributed by atoms with Gasteiger partial charge in [0.2, 0.25) is 11.8 Å². The Morgan fingerprint density at radius 1 is 0.932 bits per heavy atom. The van der Waals surface area contributed by atoms with Crippen LogP contribution in [0.2, 0.25) is 0 Å². The molecule has 1 unspecified atom stereocenters. The molecule has 3 aromatic heterocycles. The van der Waals surface area contributed by atoms with Crippen LogP contribution in [-0.2, 0) is 16.6 Å². The van der Waals surface area contributed by atoms with E-state index in [0.717, 1.165) is 69.4 Å². The number of anilines is 1. The highest BCUT2D eigenvalue weighted by Gasteiger charge is 2.51. The van der Waals surface area contributed by atoms with Gasteiger partial charge in [-0.3, -0.25) is 29.0 Å². The number of carbonyl (C=O) groups excluding carboxylic acids is 2. The van der Waals surface area contributed by atoms with Crippen LogP contribution >= 0.6 is 0 Å². The Kier molecular flexibility index (Phi) is 11.6. The Labute approximate surface area is 421 Å². The van der Waals surface area contributed by atoms with Gasteiger partial charge in [-0.15, -0.1) is 6.42 Å². The summed E-state index contributed by atoms with van der Waals surface area (Å²) >= 11 is 0. The molecule has 6 fully saturated rings. The zero-order valence-corrected chi connectivity index (χ0v) is 41.4. The van der Waals surface area contributed by atoms with Crippen molar-refractivity contribution in [3.05, 3.63) is 81.9 Å². The minimum absolute atomic E-state index is 0.0306. The maximum atomic E-state index is 17.1. The van der Waals surface area contributed by atoms with Gasteiger partial charge in [-0.25, -0.2) is 13.6 Å². The Bertz CT molecular complexity index is 3340. The van der Waals surface area contributed by atoms with E-state index in [1.54, 1.807) is 23.1 Å². The maximum absolute atomic E-state index is 17.1. The first-order chi connectivity index (χ1) is 35.1. The molecule has 2 amide bonds. The smallest absolute Gasteiger partial charge is 0.329 e. The average molecular weight is 994 g/mol. The Morgan fingerprint density at radius 2 is 1.71 bits per heavy atom.